The van der Waals surface area contributed by atoms with E-state index in [1.807, 2.05) is 40.5 Å². The Hall–Kier alpha value is -2.41. The van der Waals surface area contributed by atoms with E-state index < -0.39 is 5.97 Å². The summed E-state index contributed by atoms with van der Waals surface area (Å²) in [4.78, 5) is 16.6. The highest BCUT2D eigenvalue weighted by Gasteiger charge is 2.17. The normalized spacial score (nSPS) is 10.7. The van der Waals surface area contributed by atoms with Crippen LogP contribution in [0.4, 0.5) is 0 Å². The van der Waals surface area contributed by atoms with Gasteiger partial charge in [-0.2, -0.15) is 4.98 Å². The highest BCUT2D eigenvalue weighted by molar-refractivity contribution is 7.12. The summed E-state index contributed by atoms with van der Waals surface area (Å²) in [7, 11) is 0. The Morgan fingerprint density at radius 1 is 1.45 bits per heavy atom. The molecule has 7 heteroatoms. The summed E-state index contributed by atoms with van der Waals surface area (Å²) < 4.78 is 11.9. The topological polar surface area (TPSA) is 70.2 Å². The molecule has 3 aromatic heterocycles. The second-order valence-electron chi connectivity index (χ2n) is 4.04. The van der Waals surface area contributed by atoms with E-state index in [1.165, 1.54) is 11.3 Å². The number of hydrogen-bond acceptors (Lipinski definition) is 6. The fraction of sp³-hybridized carbons (Fsp3) is 0.154. The Labute approximate surface area is 118 Å². The van der Waals surface area contributed by atoms with Crippen molar-refractivity contribution in [2.24, 2.45) is 0 Å². The Morgan fingerprint density at radius 2 is 2.25 bits per heavy atom. The number of carbonyl (C=O) groups excluding carboxylic acids is 1. The van der Waals surface area contributed by atoms with E-state index in [9.17, 15) is 4.79 Å². The lowest BCUT2D eigenvalue weighted by Crippen LogP contribution is -2.06. The highest BCUT2D eigenvalue weighted by atomic mass is 32.1. The molecule has 0 aliphatic rings. The summed E-state index contributed by atoms with van der Waals surface area (Å²) in [6, 6.07) is 5.67. The van der Waals surface area contributed by atoms with E-state index in [0.717, 1.165) is 5.69 Å². The van der Waals surface area contributed by atoms with Crippen molar-refractivity contribution in [3.63, 3.8) is 0 Å². The van der Waals surface area contributed by atoms with Gasteiger partial charge in [-0.15, -0.1) is 11.3 Å². The van der Waals surface area contributed by atoms with Crippen molar-refractivity contribution in [3.05, 3.63) is 52.6 Å². The smallest absolute Gasteiger partial charge is 0.350 e. The van der Waals surface area contributed by atoms with E-state index in [4.69, 9.17) is 9.26 Å². The molecule has 20 heavy (non-hydrogen) atoms. The molecule has 0 aliphatic heterocycles. The van der Waals surface area contributed by atoms with Crippen LogP contribution in [0.3, 0.4) is 0 Å². The van der Waals surface area contributed by atoms with Gasteiger partial charge in [0, 0.05) is 12.4 Å². The van der Waals surface area contributed by atoms with Gasteiger partial charge in [0.05, 0.1) is 5.69 Å². The Kier molecular flexibility index (Phi) is 3.34. The summed E-state index contributed by atoms with van der Waals surface area (Å²) in [5, 5.41) is 5.49. The van der Waals surface area contributed by atoms with Crippen molar-refractivity contribution >= 4 is 17.3 Å². The van der Waals surface area contributed by atoms with Gasteiger partial charge in [-0.05, 0) is 30.5 Å². The molecule has 0 aromatic carbocycles. The van der Waals surface area contributed by atoms with Crippen LogP contribution < -0.4 is 0 Å². The molecule has 6 nitrogen and oxygen atoms in total. The van der Waals surface area contributed by atoms with Gasteiger partial charge in [-0.3, -0.25) is 0 Å². The molecule has 102 valence electrons. The Morgan fingerprint density at radius 3 is 2.95 bits per heavy atom. The second kappa shape index (κ2) is 5.30. The number of rotatable bonds is 4. The standard InChI is InChI=1S/C13H11N3O3S/c1-9-14-11(19-15-9)8-18-13(17)12-10(4-7-20-12)16-5-2-3-6-16/h2-7H,8H2,1H3. The lowest BCUT2D eigenvalue weighted by molar-refractivity contribution is 0.0435. The second-order valence-corrected chi connectivity index (χ2v) is 4.95. The molecule has 0 atom stereocenters. The molecule has 0 saturated heterocycles. The first-order valence-corrected chi connectivity index (χ1v) is 6.79. The molecule has 0 fully saturated rings. The first-order chi connectivity index (χ1) is 9.74. The highest BCUT2D eigenvalue weighted by Crippen LogP contribution is 2.22. The van der Waals surface area contributed by atoms with Gasteiger partial charge in [0.15, 0.2) is 12.4 Å². The molecule has 0 amide bonds. The summed E-state index contributed by atoms with van der Waals surface area (Å²) in [6.45, 7) is 1.68. The molecule has 3 rings (SSSR count). The fourth-order valence-electron chi connectivity index (χ4n) is 1.75. The molecular formula is C13H11N3O3S. The lowest BCUT2D eigenvalue weighted by atomic mass is 10.4. The minimum atomic E-state index is -0.403. The van der Waals surface area contributed by atoms with Gasteiger partial charge < -0.3 is 13.8 Å². The SMILES string of the molecule is Cc1noc(COC(=O)c2sccc2-n2cccc2)n1. The molecule has 0 aliphatic carbocycles. The minimum absolute atomic E-state index is 0.0251. The molecule has 0 spiro atoms. The van der Waals surface area contributed by atoms with Gasteiger partial charge in [0.25, 0.3) is 5.89 Å². The van der Waals surface area contributed by atoms with Crippen LogP contribution in [0.2, 0.25) is 0 Å². The van der Waals surface area contributed by atoms with Gasteiger partial charge in [-0.1, -0.05) is 5.16 Å². The number of aryl methyl sites for hydroxylation is 1. The van der Waals surface area contributed by atoms with Crippen LogP contribution in [0.1, 0.15) is 21.4 Å². The van der Waals surface area contributed by atoms with Gasteiger partial charge in [0.2, 0.25) is 0 Å². The monoisotopic (exact) mass is 289 g/mol. The number of nitrogens with zero attached hydrogens (tertiary/aromatic N) is 3. The molecule has 0 radical (unpaired) electrons. The van der Waals surface area contributed by atoms with E-state index in [2.05, 4.69) is 10.1 Å². The number of thiophene rings is 1. The maximum absolute atomic E-state index is 12.1. The van der Waals surface area contributed by atoms with Crippen LogP contribution in [-0.4, -0.2) is 20.7 Å². The van der Waals surface area contributed by atoms with Crippen molar-refractivity contribution in [3.8, 4) is 5.69 Å². The molecule has 0 N–H and O–H groups in total. The van der Waals surface area contributed by atoms with Crippen LogP contribution in [-0.2, 0) is 11.3 Å². The van der Waals surface area contributed by atoms with Gasteiger partial charge in [-0.25, -0.2) is 4.79 Å². The minimum Gasteiger partial charge on any atom is -0.451 e. The van der Waals surface area contributed by atoms with E-state index in [1.54, 1.807) is 6.92 Å². The average Bonchev–Trinajstić information content (AvgIpc) is 3.16. The predicted octanol–water partition coefficient (Wildman–Crippen LogP) is 2.59. The molecule has 0 saturated carbocycles. The van der Waals surface area contributed by atoms with E-state index in [0.29, 0.717) is 10.7 Å². The number of aromatic nitrogens is 3. The largest absolute Gasteiger partial charge is 0.451 e. The maximum atomic E-state index is 12.1. The lowest BCUT2D eigenvalue weighted by Gasteiger charge is -2.04. The third kappa shape index (κ3) is 2.48. The maximum Gasteiger partial charge on any atom is 0.350 e. The zero-order chi connectivity index (χ0) is 13.9. The Balaban J connectivity index is 1.73. The first kappa shape index (κ1) is 12.6. The zero-order valence-corrected chi connectivity index (χ0v) is 11.5. The fourth-order valence-corrected chi connectivity index (χ4v) is 2.53. The number of ether oxygens (including phenoxy) is 1. The third-order valence-corrected chi connectivity index (χ3v) is 3.49. The number of hydrogen-bond donors (Lipinski definition) is 0. The average molecular weight is 289 g/mol. The van der Waals surface area contributed by atoms with Gasteiger partial charge in [0.1, 0.15) is 4.88 Å². The van der Waals surface area contributed by atoms with E-state index in [-0.39, 0.29) is 12.5 Å². The van der Waals surface area contributed by atoms with Gasteiger partial charge >= 0.3 is 5.97 Å². The van der Waals surface area contributed by atoms with Crippen molar-refractivity contribution in [1.29, 1.82) is 0 Å². The zero-order valence-electron chi connectivity index (χ0n) is 10.6. The van der Waals surface area contributed by atoms with Crippen molar-refractivity contribution in [2.75, 3.05) is 0 Å². The summed E-state index contributed by atoms with van der Waals surface area (Å²) in [6.07, 6.45) is 3.75. The summed E-state index contributed by atoms with van der Waals surface area (Å²) in [5.41, 5.74) is 0.798. The Bertz CT molecular complexity index is 715. The molecule has 3 heterocycles. The summed E-state index contributed by atoms with van der Waals surface area (Å²) >= 11 is 1.33. The molecule has 3 aromatic rings. The molecule has 0 unspecified atom stereocenters. The first-order valence-electron chi connectivity index (χ1n) is 5.91. The van der Waals surface area contributed by atoms with Crippen molar-refractivity contribution in [1.82, 2.24) is 14.7 Å². The van der Waals surface area contributed by atoms with Crippen LogP contribution in [0.5, 0.6) is 0 Å². The predicted molar refractivity (Wildman–Crippen MR) is 71.8 cm³/mol. The third-order valence-electron chi connectivity index (χ3n) is 2.61. The van der Waals surface area contributed by atoms with Crippen LogP contribution in [0.25, 0.3) is 5.69 Å². The molecule has 0 bridgehead atoms. The van der Waals surface area contributed by atoms with Crippen LogP contribution in [0, 0.1) is 6.92 Å². The molecular weight excluding hydrogens is 278 g/mol. The van der Waals surface area contributed by atoms with Crippen LogP contribution >= 0.6 is 11.3 Å². The van der Waals surface area contributed by atoms with E-state index >= 15 is 0 Å². The summed E-state index contributed by atoms with van der Waals surface area (Å²) in [5.74, 6) is 0.398. The van der Waals surface area contributed by atoms with Crippen molar-refractivity contribution in [2.45, 2.75) is 13.5 Å². The number of carbonyl (C=O) groups is 1. The quantitative estimate of drug-likeness (QED) is 0.690. The van der Waals surface area contributed by atoms with Crippen LogP contribution in [0.15, 0.2) is 40.5 Å². The number of esters is 1. The van der Waals surface area contributed by atoms with Crippen molar-refractivity contribution < 1.29 is 14.1 Å².